The number of sulfonamides is 2. The number of methoxy groups -OCH3 is 1. The zero-order chi connectivity index (χ0) is 20.5. The minimum Gasteiger partial charge on any atom is -0.497 e. The van der Waals surface area contributed by atoms with Gasteiger partial charge in [0.25, 0.3) is 0 Å². The molecular formula is C18H21N3O5S2. The predicted octanol–water partition coefficient (Wildman–Crippen LogP) is 2.18. The Kier molecular flexibility index (Phi) is 5.35. The van der Waals surface area contributed by atoms with Crippen molar-refractivity contribution in [3.8, 4) is 5.75 Å². The van der Waals surface area contributed by atoms with E-state index >= 15 is 0 Å². The van der Waals surface area contributed by atoms with E-state index in [1.165, 1.54) is 0 Å². The summed E-state index contributed by atoms with van der Waals surface area (Å²) in [5, 5.41) is 4.32. The van der Waals surface area contributed by atoms with Gasteiger partial charge in [-0.3, -0.25) is 4.72 Å². The van der Waals surface area contributed by atoms with Crippen LogP contribution in [0.25, 0.3) is 0 Å². The molecule has 0 saturated carbocycles. The number of anilines is 1. The first-order valence-corrected chi connectivity index (χ1v) is 12.1. The molecule has 2 aromatic rings. The van der Waals surface area contributed by atoms with Crippen molar-refractivity contribution < 1.29 is 21.6 Å². The van der Waals surface area contributed by atoms with Crippen LogP contribution in [0.15, 0.2) is 53.6 Å². The molecule has 1 aliphatic heterocycles. The third-order valence-electron chi connectivity index (χ3n) is 4.25. The summed E-state index contributed by atoms with van der Waals surface area (Å²) >= 11 is 0. The van der Waals surface area contributed by atoms with Crippen LogP contribution in [0.5, 0.6) is 5.75 Å². The van der Waals surface area contributed by atoms with Gasteiger partial charge >= 0.3 is 0 Å². The van der Waals surface area contributed by atoms with Crippen molar-refractivity contribution in [3.63, 3.8) is 0 Å². The Labute approximate surface area is 164 Å². The predicted molar refractivity (Wildman–Crippen MR) is 108 cm³/mol. The number of rotatable bonds is 6. The van der Waals surface area contributed by atoms with E-state index in [2.05, 4.69) is 9.82 Å². The second kappa shape index (κ2) is 7.44. The van der Waals surface area contributed by atoms with Crippen LogP contribution >= 0.6 is 0 Å². The van der Waals surface area contributed by atoms with Crippen LogP contribution in [0.1, 0.15) is 23.6 Å². The molecule has 2 aromatic carbocycles. The molecule has 0 bridgehead atoms. The third-order valence-corrected chi connectivity index (χ3v) is 5.85. The van der Waals surface area contributed by atoms with Gasteiger partial charge in [-0.2, -0.15) is 9.52 Å². The number of hydrazone groups is 1. The highest BCUT2D eigenvalue weighted by atomic mass is 32.2. The van der Waals surface area contributed by atoms with Crippen molar-refractivity contribution in [2.24, 2.45) is 5.10 Å². The molecule has 150 valence electrons. The fraction of sp³-hybridized carbons (Fsp3) is 0.278. The van der Waals surface area contributed by atoms with Gasteiger partial charge < -0.3 is 4.74 Å². The van der Waals surface area contributed by atoms with Gasteiger partial charge in [0, 0.05) is 12.0 Å². The highest BCUT2D eigenvalue weighted by Gasteiger charge is 2.35. The van der Waals surface area contributed by atoms with Gasteiger partial charge in [0.2, 0.25) is 20.0 Å². The molecule has 1 aliphatic rings. The largest absolute Gasteiger partial charge is 0.497 e. The number of nitrogens with zero attached hydrogens (tertiary/aromatic N) is 2. The molecule has 0 aromatic heterocycles. The molecule has 8 nitrogen and oxygen atoms in total. The lowest BCUT2D eigenvalue weighted by Gasteiger charge is -2.21. The van der Waals surface area contributed by atoms with Crippen LogP contribution in [-0.2, 0) is 20.0 Å². The molecule has 28 heavy (non-hydrogen) atoms. The number of hydrogen-bond donors (Lipinski definition) is 1. The Hall–Kier alpha value is -2.59. The summed E-state index contributed by atoms with van der Waals surface area (Å²) in [5.74, 6) is 0.663. The number of para-hydroxylation sites is 1. The second-order valence-electron chi connectivity index (χ2n) is 6.50. The van der Waals surface area contributed by atoms with Gasteiger partial charge in [-0.1, -0.05) is 30.3 Å². The SMILES string of the molecule is COc1ccc(C2CC(c3ccccc3NS(C)(=O)=O)=NN2S(C)(=O)=O)cc1. The van der Waals surface area contributed by atoms with E-state index < -0.39 is 26.1 Å². The monoisotopic (exact) mass is 423 g/mol. The molecular weight excluding hydrogens is 402 g/mol. The highest BCUT2D eigenvalue weighted by molar-refractivity contribution is 7.92. The molecule has 10 heteroatoms. The maximum Gasteiger partial charge on any atom is 0.247 e. The quantitative estimate of drug-likeness (QED) is 0.767. The van der Waals surface area contributed by atoms with Crippen molar-refractivity contribution in [1.82, 2.24) is 4.41 Å². The molecule has 0 aliphatic carbocycles. The van der Waals surface area contributed by atoms with Crippen LogP contribution in [0.4, 0.5) is 5.69 Å². The molecule has 0 saturated heterocycles. The average Bonchev–Trinajstić information content (AvgIpc) is 3.06. The average molecular weight is 424 g/mol. The molecule has 0 fully saturated rings. The van der Waals surface area contributed by atoms with E-state index in [4.69, 9.17) is 4.74 Å². The first-order valence-electron chi connectivity index (χ1n) is 8.36. The summed E-state index contributed by atoms with van der Waals surface area (Å²) in [6, 6.07) is 13.3. The van der Waals surface area contributed by atoms with E-state index in [-0.39, 0.29) is 0 Å². The topological polar surface area (TPSA) is 105 Å². The van der Waals surface area contributed by atoms with Crippen molar-refractivity contribution in [2.75, 3.05) is 24.3 Å². The van der Waals surface area contributed by atoms with Gasteiger partial charge in [-0.05, 0) is 23.8 Å². The number of nitrogens with one attached hydrogen (secondary N) is 1. The second-order valence-corrected chi connectivity index (χ2v) is 10.1. The fourth-order valence-electron chi connectivity index (χ4n) is 3.05. The fourth-order valence-corrected chi connectivity index (χ4v) is 4.54. The van der Waals surface area contributed by atoms with Crippen molar-refractivity contribution in [3.05, 3.63) is 59.7 Å². The highest BCUT2D eigenvalue weighted by Crippen LogP contribution is 2.36. The minimum atomic E-state index is -3.63. The molecule has 1 atom stereocenters. The van der Waals surface area contributed by atoms with E-state index in [9.17, 15) is 16.8 Å². The lowest BCUT2D eigenvalue weighted by Crippen LogP contribution is -2.25. The molecule has 0 radical (unpaired) electrons. The molecule has 0 amide bonds. The van der Waals surface area contributed by atoms with Crippen molar-refractivity contribution in [1.29, 1.82) is 0 Å². The smallest absolute Gasteiger partial charge is 0.247 e. The lowest BCUT2D eigenvalue weighted by molar-refractivity contribution is 0.374. The maximum atomic E-state index is 12.3. The first kappa shape index (κ1) is 20.2. The normalized spacial score (nSPS) is 17.3. The third kappa shape index (κ3) is 4.45. The van der Waals surface area contributed by atoms with Gasteiger partial charge in [0.05, 0.1) is 37.1 Å². The summed E-state index contributed by atoms with van der Waals surface area (Å²) in [4.78, 5) is 0. The molecule has 3 rings (SSSR count). The van der Waals surface area contributed by atoms with Crippen LogP contribution in [0.2, 0.25) is 0 Å². The van der Waals surface area contributed by atoms with Crippen molar-refractivity contribution >= 4 is 31.4 Å². The number of hydrogen-bond acceptors (Lipinski definition) is 6. The molecule has 1 heterocycles. The lowest BCUT2D eigenvalue weighted by atomic mass is 9.98. The maximum absolute atomic E-state index is 12.3. The number of ether oxygens (including phenoxy) is 1. The van der Waals surface area contributed by atoms with Crippen LogP contribution in [0, 0.1) is 0 Å². The van der Waals surface area contributed by atoms with Gasteiger partial charge in [-0.25, -0.2) is 16.8 Å². The minimum absolute atomic E-state index is 0.307. The zero-order valence-corrected chi connectivity index (χ0v) is 17.3. The standard InChI is InChI=1S/C18H21N3O5S2/c1-26-14-10-8-13(9-11-14)18-12-17(19-21(18)28(3,24)25)15-6-4-5-7-16(15)20-27(2,22)23/h4-11,18,20H,12H2,1-3H3. The summed E-state index contributed by atoms with van der Waals surface area (Å²) in [5.41, 5.74) is 2.14. The van der Waals surface area contributed by atoms with E-state index in [0.29, 0.717) is 29.1 Å². The summed E-state index contributed by atoms with van der Waals surface area (Å²) in [7, 11) is -5.57. The summed E-state index contributed by atoms with van der Waals surface area (Å²) in [6.07, 6.45) is 2.46. The van der Waals surface area contributed by atoms with Crippen LogP contribution in [-0.4, -0.2) is 46.6 Å². The summed E-state index contributed by atoms with van der Waals surface area (Å²) in [6.45, 7) is 0. The van der Waals surface area contributed by atoms with E-state index in [1.807, 2.05) is 0 Å². The van der Waals surface area contributed by atoms with Crippen molar-refractivity contribution in [2.45, 2.75) is 12.5 Å². The zero-order valence-electron chi connectivity index (χ0n) is 15.7. The molecule has 1 N–H and O–H groups in total. The van der Waals surface area contributed by atoms with E-state index in [1.54, 1.807) is 55.6 Å². The van der Waals surface area contributed by atoms with Crippen LogP contribution in [0.3, 0.4) is 0 Å². The van der Waals surface area contributed by atoms with E-state index in [0.717, 1.165) is 22.5 Å². The Morgan fingerprint density at radius 1 is 1.04 bits per heavy atom. The Bertz CT molecular complexity index is 1110. The Morgan fingerprint density at radius 2 is 1.68 bits per heavy atom. The number of benzene rings is 2. The Balaban J connectivity index is 2.02. The van der Waals surface area contributed by atoms with Gasteiger partial charge in [0.15, 0.2) is 0 Å². The van der Waals surface area contributed by atoms with Gasteiger partial charge in [0.1, 0.15) is 5.75 Å². The summed E-state index contributed by atoms with van der Waals surface area (Å²) < 4.78 is 56.6. The Morgan fingerprint density at radius 3 is 2.25 bits per heavy atom. The van der Waals surface area contributed by atoms with Gasteiger partial charge in [-0.15, -0.1) is 0 Å². The molecule has 1 unspecified atom stereocenters. The molecule has 0 spiro atoms. The first-order chi connectivity index (χ1) is 13.1. The van der Waals surface area contributed by atoms with Crippen LogP contribution < -0.4 is 9.46 Å².